The van der Waals surface area contributed by atoms with Crippen LogP contribution in [0.4, 0.5) is 4.39 Å². The first-order chi connectivity index (χ1) is 20.2. The molecule has 0 saturated heterocycles. The lowest BCUT2D eigenvalue weighted by molar-refractivity contribution is -0.141. The Morgan fingerprint density at radius 3 is 2.29 bits per heavy atom. The number of ether oxygens (including phenoxy) is 4. The quantitative estimate of drug-likeness (QED) is 0.116. The van der Waals surface area contributed by atoms with Crippen LogP contribution in [0.25, 0.3) is 20.2 Å². The van der Waals surface area contributed by atoms with Crippen LogP contribution in [0.1, 0.15) is 58.4 Å². The second-order valence-corrected chi connectivity index (χ2v) is 12.5. The third-order valence-corrected chi connectivity index (χ3v) is 9.64. The summed E-state index contributed by atoms with van der Waals surface area (Å²) < 4.78 is 39.5. The fourth-order valence-electron chi connectivity index (χ4n) is 4.72. The molecule has 0 unspecified atom stereocenters. The van der Waals surface area contributed by atoms with Crippen molar-refractivity contribution in [3.63, 3.8) is 0 Å². The van der Waals surface area contributed by atoms with Gasteiger partial charge in [0.05, 0.1) is 43.1 Å². The second kappa shape index (κ2) is 12.7. The summed E-state index contributed by atoms with van der Waals surface area (Å²) >= 11 is 2.55. The van der Waals surface area contributed by atoms with Gasteiger partial charge in [0, 0.05) is 45.7 Å². The highest BCUT2D eigenvalue weighted by Crippen LogP contribution is 2.42. The molecule has 1 aliphatic rings. The summed E-state index contributed by atoms with van der Waals surface area (Å²) in [6.45, 7) is 1.91. The van der Waals surface area contributed by atoms with Gasteiger partial charge >= 0.3 is 5.97 Å². The molecule has 0 bridgehead atoms. The first-order valence-electron chi connectivity index (χ1n) is 13.7. The Hall–Kier alpha value is -3.70. The number of Topliss-reactive ketones (excluding diaryl/α,β-unsaturated/α-hetero) is 2. The lowest BCUT2D eigenvalue weighted by Gasteiger charge is -2.22. The number of carbonyl (C=O) groups excluding carboxylic acids is 2. The summed E-state index contributed by atoms with van der Waals surface area (Å²) in [5.41, 5.74) is 0. The number of hydrogen-bond donors (Lipinski definition) is 1. The van der Waals surface area contributed by atoms with Gasteiger partial charge < -0.3 is 24.1 Å². The van der Waals surface area contributed by atoms with Crippen LogP contribution >= 0.6 is 22.7 Å². The van der Waals surface area contributed by atoms with Gasteiger partial charge in [0.1, 0.15) is 0 Å². The number of halogens is 1. The van der Waals surface area contributed by atoms with Crippen molar-refractivity contribution in [1.82, 2.24) is 0 Å². The van der Waals surface area contributed by atoms with E-state index in [2.05, 4.69) is 0 Å². The zero-order chi connectivity index (χ0) is 30.0. The third kappa shape index (κ3) is 6.07. The molecule has 11 heteroatoms. The summed E-state index contributed by atoms with van der Waals surface area (Å²) in [5, 5.41) is 10.2. The van der Waals surface area contributed by atoms with Crippen molar-refractivity contribution in [2.24, 2.45) is 11.8 Å². The van der Waals surface area contributed by atoms with Crippen LogP contribution in [0.15, 0.2) is 30.3 Å². The van der Waals surface area contributed by atoms with Crippen LogP contribution in [0.3, 0.4) is 0 Å². The zero-order valence-electron chi connectivity index (χ0n) is 23.5. The molecule has 222 valence electrons. The Morgan fingerprint density at radius 1 is 0.929 bits per heavy atom. The maximum absolute atomic E-state index is 15.5. The average molecular weight is 615 g/mol. The molecular formula is C31H31FO8S2. The van der Waals surface area contributed by atoms with Crippen LogP contribution in [0.5, 0.6) is 23.0 Å². The van der Waals surface area contributed by atoms with Gasteiger partial charge in [-0.3, -0.25) is 14.4 Å². The van der Waals surface area contributed by atoms with E-state index in [1.807, 2.05) is 0 Å². The molecule has 1 atom stereocenters. The van der Waals surface area contributed by atoms with Gasteiger partial charge in [-0.1, -0.05) is 13.3 Å². The zero-order valence-corrected chi connectivity index (χ0v) is 25.1. The molecule has 2 aromatic heterocycles. The molecule has 1 fully saturated rings. The molecule has 1 aliphatic carbocycles. The highest BCUT2D eigenvalue weighted by molar-refractivity contribution is 7.21. The first kappa shape index (κ1) is 29.8. The summed E-state index contributed by atoms with van der Waals surface area (Å²) in [4.78, 5) is 37.4. The number of carboxylic acid groups (broad SMARTS) is 1. The van der Waals surface area contributed by atoms with Gasteiger partial charge in [0.2, 0.25) is 0 Å². The molecule has 0 radical (unpaired) electrons. The van der Waals surface area contributed by atoms with Gasteiger partial charge in [-0.15, -0.1) is 22.7 Å². The molecule has 2 aromatic carbocycles. The molecule has 0 amide bonds. The number of thiophene rings is 2. The molecule has 5 rings (SSSR count). The third-order valence-electron chi connectivity index (χ3n) is 7.40. The van der Waals surface area contributed by atoms with Crippen molar-refractivity contribution < 1.29 is 42.8 Å². The molecule has 0 aliphatic heterocycles. The largest absolute Gasteiger partial charge is 0.493 e. The van der Waals surface area contributed by atoms with Gasteiger partial charge in [-0.2, -0.15) is 0 Å². The van der Waals surface area contributed by atoms with E-state index in [0.29, 0.717) is 37.8 Å². The van der Waals surface area contributed by atoms with Crippen LogP contribution < -0.4 is 18.9 Å². The van der Waals surface area contributed by atoms with Crippen molar-refractivity contribution in [2.75, 3.05) is 27.4 Å². The summed E-state index contributed by atoms with van der Waals surface area (Å²) in [5.74, 6) is -1.21. The van der Waals surface area contributed by atoms with Gasteiger partial charge in [-0.05, 0) is 36.4 Å². The fraction of sp³-hybridized carbons (Fsp3) is 0.387. The van der Waals surface area contributed by atoms with Crippen LogP contribution in [-0.4, -0.2) is 50.1 Å². The highest BCUT2D eigenvalue weighted by Gasteiger charge is 2.28. The SMILES string of the molecule is COc1cc2sc(C(=O)C[C@H](C)C(=O)O)cc2cc1OCCCOc1c(OC)cc2sc(C(=O)C3CCC3)cc2c1F. The van der Waals surface area contributed by atoms with Crippen LogP contribution in [0, 0.1) is 17.7 Å². The number of benzene rings is 2. The maximum atomic E-state index is 15.5. The molecule has 1 N–H and O–H groups in total. The number of fused-ring (bicyclic) bond motifs is 2. The summed E-state index contributed by atoms with van der Waals surface area (Å²) in [6, 6.07) is 8.61. The number of rotatable bonds is 14. The number of carboxylic acids is 1. The Morgan fingerprint density at radius 2 is 1.62 bits per heavy atom. The lowest BCUT2D eigenvalue weighted by atomic mass is 9.82. The van der Waals surface area contributed by atoms with Gasteiger partial charge in [0.15, 0.2) is 40.4 Å². The van der Waals surface area contributed by atoms with Crippen molar-refractivity contribution in [1.29, 1.82) is 0 Å². The molecular weight excluding hydrogens is 583 g/mol. The molecule has 2 heterocycles. The molecule has 42 heavy (non-hydrogen) atoms. The second-order valence-electron chi connectivity index (χ2n) is 10.3. The van der Waals surface area contributed by atoms with Crippen LogP contribution in [0.2, 0.25) is 0 Å². The van der Waals surface area contributed by atoms with Crippen molar-refractivity contribution in [3.05, 3.63) is 45.9 Å². The minimum absolute atomic E-state index is 0.00266. The van der Waals surface area contributed by atoms with Gasteiger partial charge in [-0.25, -0.2) is 4.39 Å². The average Bonchev–Trinajstić information content (AvgIpc) is 3.56. The van der Waals surface area contributed by atoms with E-state index in [-0.39, 0.29) is 48.6 Å². The van der Waals surface area contributed by atoms with E-state index in [1.54, 1.807) is 30.3 Å². The number of aliphatic carboxylic acids is 1. The van der Waals surface area contributed by atoms with Crippen LogP contribution in [-0.2, 0) is 4.79 Å². The highest BCUT2D eigenvalue weighted by atomic mass is 32.1. The fourth-order valence-corrected chi connectivity index (χ4v) is 6.84. The normalized spacial score (nSPS) is 14.0. The Labute approximate surface area is 249 Å². The standard InChI is InChI=1S/C31H31FO8S2/c1-16(31(35)36)10-20(33)26-12-18-11-22(21(37-2)14-24(18)41-26)39-8-5-9-40-30-23(38-3)15-25-19(28(30)32)13-27(42-25)29(34)17-6-4-7-17/h11-17H,4-10H2,1-3H3,(H,35,36)/t16-/m0/s1. The van der Waals surface area contributed by atoms with E-state index < -0.39 is 17.7 Å². The Bertz CT molecular complexity index is 1650. The first-order valence-corrected chi connectivity index (χ1v) is 15.3. The van der Waals surface area contributed by atoms with Crippen molar-refractivity contribution >= 4 is 60.4 Å². The minimum Gasteiger partial charge on any atom is -0.493 e. The summed E-state index contributed by atoms with van der Waals surface area (Å²) in [6.07, 6.45) is 3.18. The number of carbonyl (C=O) groups is 3. The van der Waals surface area contributed by atoms with E-state index >= 15 is 4.39 Å². The van der Waals surface area contributed by atoms with E-state index in [9.17, 15) is 14.4 Å². The minimum atomic E-state index is -1.01. The maximum Gasteiger partial charge on any atom is 0.306 e. The Kier molecular flexibility index (Phi) is 8.98. The number of ketones is 2. The molecule has 8 nitrogen and oxygen atoms in total. The van der Waals surface area contributed by atoms with E-state index in [0.717, 1.165) is 29.3 Å². The monoisotopic (exact) mass is 614 g/mol. The van der Waals surface area contributed by atoms with E-state index in [4.69, 9.17) is 24.1 Å². The topological polar surface area (TPSA) is 108 Å². The lowest BCUT2D eigenvalue weighted by Crippen LogP contribution is -2.20. The summed E-state index contributed by atoms with van der Waals surface area (Å²) in [7, 11) is 2.97. The smallest absolute Gasteiger partial charge is 0.306 e. The predicted octanol–water partition coefficient (Wildman–Crippen LogP) is 7.40. The van der Waals surface area contributed by atoms with Crippen molar-refractivity contribution in [3.8, 4) is 23.0 Å². The molecule has 0 spiro atoms. The van der Waals surface area contributed by atoms with Crippen molar-refractivity contribution in [2.45, 2.75) is 39.0 Å². The number of methoxy groups -OCH3 is 2. The molecule has 4 aromatic rings. The Balaban J connectivity index is 1.23. The van der Waals surface area contributed by atoms with E-state index in [1.165, 1.54) is 43.8 Å². The van der Waals surface area contributed by atoms with Gasteiger partial charge in [0.25, 0.3) is 0 Å². The number of hydrogen-bond acceptors (Lipinski definition) is 9. The predicted molar refractivity (Wildman–Crippen MR) is 160 cm³/mol. The molecule has 1 saturated carbocycles.